The molecular formula is C20H37N. The summed E-state index contributed by atoms with van der Waals surface area (Å²) in [5, 5.41) is 0. The summed E-state index contributed by atoms with van der Waals surface area (Å²) in [6, 6.07) is 0. The van der Waals surface area contributed by atoms with Gasteiger partial charge in [0.25, 0.3) is 0 Å². The fourth-order valence-electron chi connectivity index (χ4n) is 6.08. The molecule has 0 aliphatic heterocycles. The van der Waals surface area contributed by atoms with Crippen molar-refractivity contribution in [3.8, 4) is 0 Å². The van der Waals surface area contributed by atoms with Crippen molar-refractivity contribution in [2.24, 2.45) is 17.8 Å². The van der Waals surface area contributed by atoms with Crippen LogP contribution in [0.1, 0.15) is 90.4 Å². The van der Waals surface area contributed by atoms with Crippen LogP contribution in [0.2, 0.25) is 0 Å². The average molecular weight is 292 g/mol. The molecule has 4 aliphatic rings. The molecule has 0 amide bonds. The van der Waals surface area contributed by atoms with E-state index < -0.39 is 0 Å². The number of hydrogen-bond donors (Lipinski definition) is 0. The smallest absolute Gasteiger partial charge is 0.0214 e. The van der Waals surface area contributed by atoms with E-state index in [1.807, 2.05) is 0 Å². The number of unbranched alkanes of at least 4 members (excludes halogenated alkanes) is 6. The fraction of sp³-hybridized carbons (Fsp3) is 1.00. The summed E-state index contributed by atoms with van der Waals surface area (Å²) in [5.41, 5.74) is 0.636. The van der Waals surface area contributed by atoms with Crippen LogP contribution in [-0.4, -0.2) is 24.0 Å². The molecule has 0 aromatic rings. The van der Waals surface area contributed by atoms with E-state index in [9.17, 15) is 0 Å². The zero-order valence-electron chi connectivity index (χ0n) is 14.6. The van der Waals surface area contributed by atoms with Crippen LogP contribution in [0, 0.1) is 17.8 Å². The highest BCUT2D eigenvalue weighted by atomic mass is 15.2. The molecule has 0 aromatic carbocycles. The molecule has 4 bridgehead atoms. The summed E-state index contributed by atoms with van der Waals surface area (Å²) in [6.45, 7) is 3.67. The van der Waals surface area contributed by atoms with Crippen LogP contribution in [0.5, 0.6) is 0 Å². The van der Waals surface area contributed by atoms with Gasteiger partial charge in [0.15, 0.2) is 0 Å². The lowest BCUT2D eigenvalue weighted by Gasteiger charge is -2.60. The van der Waals surface area contributed by atoms with Crippen LogP contribution >= 0.6 is 0 Å². The first kappa shape index (κ1) is 15.8. The second kappa shape index (κ2) is 7.02. The Morgan fingerprint density at radius 2 is 1.24 bits per heavy atom. The zero-order chi connectivity index (χ0) is 14.7. The van der Waals surface area contributed by atoms with Crippen LogP contribution in [0.15, 0.2) is 0 Å². The predicted octanol–water partition coefficient (Wildman–Crippen LogP) is 5.64. The van der Waals surface area contributed by atoms with Crippen molar-refractivity contribution in [1.29, 1.82) is 0 Å². The Labute approximate surface area is 132 Å². The maximum Gasteiger partial charge on any atom is 0.0214 e. The Balaban J connectivity index is 1.38. The van der Waals surface area contributed by atoms with Gasteiger partial charge in [-0.25, -0.2) is 0 Å². The van der Waals surface area contributed by atoms with Crippen molar-refractivity contribution in [3.63, 3.8) is 0 Å². The number of rotatable bonds is 9. The van der Waals surface area contributed by atoms with Gasteiger partial charge in [0.2, 0.25) is 0 Å². The zero-order valence-corrected chi connectivity index (χ0v) is 14.6. The Morgan fingerprint density at radius 1 is 0.762 bits per heavy atom. The second-order valence-electron chi connectivity index (χ2n) is 8.68. The Hall–Kier alpha value is -0.0400. The standard InChI is InChI=1S/C20H37N/c1-3-4-5-6-7-8-9-10-21(2)20-14-17-11-18(15-20)13-19(12-17)16-20/h17-19H,3-16H2,1-2H3. The molecule has 1 heteroatoms. The van der Waals surface area contributed by atoms with Crippen molar-refractivity contribution < 1.29 is 0 Å². The lowest BCUT2D eigenvalue weighted by molar-refractivity contribution is -0.0793. The summed E-state index contributed by atoms with van der Waals surface area (Å²) in [5.74, 6) is 3.27. The van der Waals surface area contributed by atoms with Crippen LogP contribution in [0.3, 0.4) is 0 Å². The van der Waals surface area contributed by atoms with Crippen LogP contribution in [-0.2, 0) is 0 Å². The van der Waals surface area contributed by atoms with E-state index >= 15 is 0 Å². The fourth-order valence-corrected chi connectivity index (χ4v) is 6.08. The molecule has 0 spiro atoms. The summed E-state index contributed by atoms with van der Waals surface area (Å²) < 4.78 is 0. The number of hydrogen-bond acceptors (Lipinski definition) is 1. The normalized spacial score (nSPS) is 37.6. The van der Waals surface area contributed by atoms with Gasteiger partial charge in [0.1, 0.15) is 0 Å². The summed E-state index contributed by atoms with van der Waals surface area (Å²) in [6.07, 6.45) is 19.4. The molecule has 4 rings (SSSR count). The van der Waals surface area contributed by atoms with Crippen molar-refractivity contribution in [1.82, 2.24) is 4.90 Å². The molecule has 0 radical (unpaired) electrons. The molecule has 4 fully saturated rings. The van der Waals surface area contributed by atoms with Crippen molar-refractivity contribution in [3.05, 3.63) is 0 Å². The highest BCUT2D eigenvalue weighted by Gasteiger charge is 2.52. The lowest BCUT2D eigenvalue weighted by atomic mass is 9.52. The monoisotopic (exact) mass is 291 g/mol. The first-order chi connectivity index (χ1) is 10.2. The molecule has 21 heavy (non-hydrogen) atoms. The van der Waals surface area contributed by atoms with E-state index in [1.54, 1.807) is 19.3 Å². The van der Waals surface area contributed by atoms with Gasteiger partial charge in [-0.2, -0.15) is 0 Å². The van der Waals surface area contributed by atoms with Gasteiger partial charge in [-0.3, -0.25) is 0 Å². The van der Waals surface area contributed by atoms with E-state index in [0.717, 1.165) is 17.8 Å². The molecule has 0 aromatic heterocycles. The largest absolute Gasteiger partial charge is 0.301 e. The van der Waals surface area contributed by atoms with Crippen LogP contribution < -0.4 is 0 Å². The van der Waals surface area contributed by atoms with Crippen LogP contribution in [0.25, 0.3) is 0 Å². The van der Waals surface area contributed by atoms with E-state index in [4.69, 9.17) is 0 Å². The number of nitrogens with zero attached hydrogens (tertiary/aromatic N) is 1. The maximum atomic E-state index is 2.81. The van der Waals surface area contributed by atoms with Crippen molar-refractivity contribution in [2.75, 3.05) is 13.6 Å². The van der Waals surface area contributed by atoms with E-state index in [-0.39, 0.29) is 0 Å². The highest BCUT2D eigenvalue weighted by Crippen LogP contribution is 2.57. The molecule has 1 nitrogen and oxygen atoms in total. The quantitative estimate of drug-likeness (QED) is 0.497. The topological polar surface area (TPSA) is 3.24 Å². The maximum absolute atomic E-state index is 2.81. The van der Waals surface area contributed by atoms with Gasteiger partial charge in [-0.15, -0.1) is 0 Å². The van der Waals surface area contributed by atoms with Gasteiger partial charge >= 0.3 is 0 Å². The highest BCUT2D eigenvalue weighted by molar-refractivity contribution is 5.06. The molecule has 0 heterocycles. The minimum Gasteiger partial charge on any atom is -0.301 e. The third-order valence-electron chi connectivity index (χ3n) is 6.91. The minimum absolute atomic E-state index is 0.636. The van der Waals surface area contributed by atoms with Gasteiger partial charge in [0, 0.05) is 5.54 Å². The minimum atomic E-state index is 0.636. The third kappa shape index (κ3) is 3.66. The average Bonchev–Trinajstić information content (AvgIpc) is 2.44. The lowest BCUT2D eigenvalue weighted by Crippen LogP contribution is -2.58. The summed E-state index contributed by atoms with van der Waals surface area (Å²) in [4.78, 5) is 2.81. The summed E-state index contributed by atoms with van der Waals surface area (Å²) in [7, 11) is 2.45. The molecule has 122 valence electrons. The van der Waals surface area contributed by atoms with Gasteiger partial charge in [-0.1, -0.05) is 45.4 Å². The van der Waals surface area contributed by atoms with E-state index in [0.29, 0.717) is 5.54 Å². The van der Waals surface area contributed by atoms with Gasteiger partial charge < -0.3 is 4.90 Å². The SMILES string of the molecule is CCCCCCCCCN(C)C12CC3CC(CC(C3)C1)C2. The van der Waals surface area contributed by atoms with Gasteiger partial charge in [0.05, 0.1) is 0 Å². The molecule has 4 aliphatic carbocycles. The first-order valence-electron chi connectivity index (χ1n) is 9.93. The Morgan fingerprint density at radius 3 is 1.76 bits per heavy atom. The van der Waals surface area contributed by atoms with E-state index in [1.165, 1.54) is 70.8 Å². The second-order valence-corrected chi connectivity index (χ2v) is 8.68. The molecule has 0 N–H and O–H groups in total. The Bertz CT molecular complexity index is 287. The molecule has 0 unspecified atom stereocenters. The van der Waals surface area contributed by atoms with Crippen molar-refractivity contribution in [2.45, 2.75) is 95.9 Å². The van der Waals surface area contributed by atoms with Crippen LogP contribution in [0.4, 0.5) is 0 Å². The summed E-state index contributed by atoms with van der Waals surface area (Å²) >= 11 is 0. The van der Waals surface area contributed by atoms with Gasteiger partial charge in [-0.05, 0) is 76.3 Å². The van der Waals surface area contributed by atoms with E-state index in [2.05, 4.69) is 18.9 Å². The third-order valence-corrected chi connectivity index (χ3v) is 6.91. The predicted molar refractivity (Wildman–Crippen MR) is 91.5 cm³/mol. The molecule has 4 saturated carbocycles. The molecular weight excluding hydrogens is 254 g/mol. The Kier molecular flexibility index (Phi) is 5.30. The molecule has 0 saturated heterocycles. The first-order valence-corrected chi connectivity index (χ1v) is 9.93. The van der Waals surface area contributed by atoms with Crippen molar-refractivity contribution >= 4 is 0 Å². The molecule has 0 atom stereocenters.